The van der Waals surface area contributed by atoms with Gasteiger partial charge in [-0.3, -0.25) is 0 Å². The smallest absolute Gasteiger partial charge is 0.335 e. The van der Waals surface area contributed by atoms with Crippen LogP contribution in [0.15, 0.2) is 38.8 Å². The Balaban J connectivity index is 1.98. The largest absolute Gasteiger partial charge is 0.412 e. The van der Waals surface area contributed by atoms with Crippen molar-refractivity contribution in [3.8, 4) is 0 Å². The number of aromatic nitrogens is 2. The van der Waals surface area contributed by atoms with Gasteiger partial charge in [-0.2, -0.15) is 0 Å². The highest BCUT2D eigenvalue weighted by Gasteiger charge is 2.17. The summed E-state index contributed by atoms with van der Waals surface area (Å²) in [4.78, 5) is -0.0868. The van der Waals surface area contributed by atoms with Crippen LogP contribution in [-0.2, 0) is 26.3 Å². The molecule has 2 aromatic rings. The van der Waals surface area contributed by atoms with Gasteiger partial charge in [-0.15, -0.1) is 5.10 Å². The van der Waals surface area contributed by atoms with E-state index in [1.54, 1.807) is 0 Å². The van der Waals surface area contributed by atoms with Crippen molar-refractivity contribution in [2.75, 3.05) is 12.8 Å². The Bertz CT molecular complexity index is 859. The van der Waals surface area contributed by atoms with Crippen molar-refractivity contribution in [1.29, 1.82) is 0 Å². The van der Waals surface area contributed by atoms with Gasteiger partial charge < -0.3 is 4.42 Å². The van der Waals surface area contributed by atoms with E-state index in [-0.39, 0.29) is 23.8 Å². The van der Waals surface area contributed by atoms with Crippen LogP contribution in [0.3, 0.4) is 0 Å². The van der Waals surface area contributed by atoms with E-state index in [2.05, 4.69) is 14.9 Å². The Morgan fingerprint density at radius 3 is 2.32 bits per heavy atom. The summed E-state index contributed by atoms with van der Waals surface area (Å²) in [6.45, 7) is -0.0783. The fourth-order valence-electron chi connectivity index (χ4n) is 1.48. The summed E-state index contributed by atoms with van der Waals surface area (Å²) in [5.41, 5.74) is 0. The van der Waals surface area contributed by atoms with E-state index in [0.29, 0.717) is 0 Å². The van der Waals surface area contributed by atoms with Crippen molar-refractivity contribution in [3.05, 3.63) is 36.0 Å². The first-order chi connectivity index (χ1) is 10.2. The molecule has 2 rings (SSSR count). The molecule has 1 aromatic carbocycles. The average Bonchev–Trinajstić information content (AvgIpc) is 2.88. The van der Waals surface area contributed by atoms with E-state index < -0.39 is 30.9 Å². The molecule has 22 heavy (non-hydrogen) atoms. The van der Waals surface area contributed by atoms with Gasteiger partial charge in [0.25, 0.3) is 0 Å². The lowest BCUT2D eigenvalue weighted by atomic mass is 10.4. The highest BCUT2D eigenvalue weighted by atomic mass is 32.2. The number of hydrogen-bond donors (Lipinski definition) is 1. The number of nitrogens with zero attached hydrogens (tertiary/aromatic N) is 2. The van der Waals surface area contributed by atoms with Crippen LogP contribution in [0.2, 0.25) is 0 Å². The van der Waals surface area contributed by atoms with Crippen molar-refractivity contribution in [2.24, 2.45) is 0 Å². The van der Waals surface area contributed by atoms with Crippen molar-refractivity contribution in [2.45, 2.75) is 16.5 Å². The number of sulfonamides is 1. The summed E-state index contributed by atoms with van der Waals surface area (Å²) in [5.74, 6) is -0.555. The van der Waals surface area contributed by atoms with Crippen LogP contribution >= 0.6 is 0 Å². The number of sulfone groups is 1. The highest BCUT2D eigenvalue weighted by Crippen LogP contribution is 2.10. The number of halogens is 1. The zero-order chi connectivity index (χ0) is 16.4. The van der Waals surface area contributed by atoms with Gasteiger partial charge in [-0.1, -0.05) is 5.10 Å². The van der Waals surface area contributed by atoms with Crippen LogP contribution in [-0.4, -0.2) is 39.8 Å². The second-order valence-electron chi connectivity index (χ2n) is 4.34. The SMILES string of the molecule is CS(=O)(=O)c1nnc(CCNS(=O)(=O)c2ccc(F)cc2)o1. The third-order valence-electron chi connectivity index (χ3n) is 2.52. The van der Waals surface area contributed by atoms with Gasteiger partial charge in [-0.05, 0) is 24.3 Å². The van der Waals surface area contributed by atoms with E-state index in [1.165, 1.54) is 0 Å². The third kappa shape index (κ3) is 4.08. The van der Waals surface area contributed by atoms with Gasteiger partial charge in [0.15, 0.2) is 0 Å². The Labute approximate surface area is 126 Å². The maximum Gasteiger partial charge on any atom is 0.335 e. The minimum atomic E-state index is -3.79. The number of rotatable bonds is 6. The highest BCUT2D eigenvalue weighted by molar-refractivity contribution is 7.90. The average molecular weight is 349 g/mol. The molecular weight excluding hydrogens is 337 g/mol. The van der Waals surface area contributed by atoms with Gasteiger partial charge in [0.1, 0.15) is 5.82 Å². The maximum atomic E-state index is 12.8. The zero-order valence-electron chi connectivity index (χ0n) is 11.4. The van der Waals surface area contributed by atoms with Crippen LogP contribution in [0, 0.1) is 5.82 Å². The molecule has 0 aliphatic rings. The van der Waals surface area contributed by atoms with Crippen LogP contribution in [0.5, 0.6) is 0 Å². The summed E-state index contributed by atoms with van der Waals surface area (Å²) in [7, 11) is -7.39. The lowest BCUT2D eigenvalue weighted by Gasteiger charge is -2.05. The molecule has 0 bridgehead atoms. The molecule has 0 unspecified atom stereocenters. The summed E-state index contributed by atoms with van der Waals surface area (Å²) in [6.07, 6.45) is 0.935. The van der Waals surface area contributed by atoms with E-state index in [1.807, 2.05) is 0 Å². The Morgan fingerprint density at radius 1 is 1.14 bits per heavy atom. The third-order valence-corrected chi connectivity index (χ3v) is 4.80. The molecule has 0 saturated heterocycles. The summed E-state index contributed by atoms with van der Waals surface area (Å²) in [5, 5.41) is 6.33. The predicted octanol–water partition coefficient (Wildman–Crippen LogP) is 0.133. The van der Waals surface area contributed by atoms with E-state index in [4.69, 9.17) is 4.42 Å². The standard InChI is InChI=1S/C11H12FN3O5S2/c1-21(16,17)11-15-14-10(20-11)6-7-13-22(18,19)9-4-2-8(12)3-5-9/h2-5,13H,6-7H2,1H3. The Hall–Kier alpha value is -1.85. The van der Waals surface area contributed by atoms with Gasteiger partial charge >= 0.3 is 5.22 Å². The number of nitrogens with one attached hydrogen (secondary N) is 1. The van der Waals surface area contributed by atoms with Crippen molar-refractivity contribution in [1.82, 2.24) is 14.9 Å². The van der Waals surface area contributed by atoms with Gasteiger partial charge in [0.05, 0.1) is 4.90 Å². The molecule has 1 N–H and O–H groups in total. The molecule has 0 radical (unpaired) electrons. The van der Waals surface area contributed by atoms with Crippen LogP contribution < -0.4 is 4.72 Å². The maximum absolute atomic E-state index is 12.8. The molecule has 0 saturated carbocycles. The molecular formula is C11H12FN3O5S2. The van der Waals surface area contributed by atoms with Gasteiger partial charge in [0, 0.05) is 19.2 Å². The van der Waals surface area contributed by atoms with Gasteiger partial charge in [-0.25, -0.2) is 25.9 Å². The molecule has 0 aliphatic carbocycles. The monoisotopic (exact) mass is 349 g/mol. The van der Waals surface area contributed by atoms with Gasteiger partial charge in [0.2, 0.25) is 25.8 Å². The van der Waals surface area contributed by atoms with Crippen LogP contribution in [0.25, 0.3) is 0 Å². The van der Waals surface area contributed by atoms with E-state index >= 15 is 0 Å². The van der Waals surface area contributed by atoms with E-state index in [0.717, 1.165) is 30.5 Å². The summed E-state index contributed by atoms with van der Waals surface area (Å²) >= 11 is 0. The molecule has 0 amide bonds. The Morgan fingerprint density at radius 2 is 1.77 bits per heavy atom. The normalized spacial score (nSPS) is 12.5. The Kier molecular flexibility index (Phi) is 4.58. The fraction of sp³-hybridized carbons (Fsp3) is 0.273. The second-order valence-corrected chi connectivity index (χ2v) is 8.00. The molecule has 0 fully saturated rings. The molecule has 0 spiro atoms. The molecule has 1 aromatic heterocycles. The van der Waals surface area contributed by atoms with Crippen LogP contribution in [0.1, 0.15) is 5.89 Å². The lowest BCUT2D eigenvalue weighted by Crippen LogP contribution is -2.26. The van der Waals surface area contributed by atoms with Crippen molar-refractivity contribution < 1.29 is 25.6 Å². The number of benzene rings is 1. The molecule has 0 aliphatic heterocycles. The second kappa shape index (κ2) is 6.10. The summed E-state index contributed by atoms with van der Waals surface area (Å²) in [6, 6.07) is 4.33. The van der Waals surface area contributed by atoms with Crippen molar-refractivity contribution >= 4 is 19.9 Å². The first kappa shape index (κ1) is 16.5. The summed E-state index contributed by atoms with van der Waals surface area (Å²) < 4.78 is 66.0. The molecule has 11 heteroatoms. The first-order valence-electron chi connectivity index (χ1n) is 5.96. The topological polar surface area (TPSA) is 119 Å². The number of hydrogen-bond acceptors (Lipinski definition) is 7. The predicted molar refractivity (Wildman–Crippen MR) is 72.7 cm³/mol. The molecule has 120 valence electrons. The molecule has 8 nitrogen and oxygen atoms in total. The molecule has 0 atom stereocenters. The van der Waals surface area contributed by atoms with Crippen LogP contribution in [0.4, 0.5) is 4.39 Å². The van der Waals surface area contributed by atoms with E-state index in [9.17, 15) is 21.2 Å². The first-order valence-corrected chi connectivity index (χ1v) is 9.33. The molecule has 1 heterocycles. The minimum Gasteiger partial charge on any atom is -0.412 e. The lowest BCUT2D eigenvalue weighted by molar-refractivity contribution is 0.397. The fourth-order valence-corrected chi connectivity index (χ4v) is 2.95. The zero-order valence-corrected chi connectivity index (χ0v) is 13.0. The van der Waals surface area contributed by atoms with Crippen molar-refractivity contribution in [3.63, 3.8) is 0 Å². The minimum absolute atomic E-state index is 0.0118. The quantitative estimate of drug-likeness (QED) is 0.787.